The van der Waals surface area contributed by atoms with E-state index in [1.165, 1.54) is 16.6 Å². The average Bonchev–Trinajstić information content (AvgIpc) is 2.69. The van der Waals surface area contributed by atoms with Crippen LogP contribution in [0.25, 0.3) is 10.9 Å². The Kier molecular flexibility index (Phi) is 3.38. The zero-order chi connectivity index (χ0) is 12.4. The number of rotatable bonds is 4. The molecule has 0 aliphatic carbocycles. The SMILES string of the molecule is CNCc1c(C(C)C)[nH]c2c(OC)cccc12. The van der Waals surface area contributed by atoms with Crippen molar-refractivity contribution in [2.45, 2.75) is 26.3 Å². The first-order chi connectivity index (χ1) is 8.19. The molecule has 0 aliphatic rings. The van der Waals surface area contributed by atoms with Crippen LogP contribution in [0.15, 0.2) is 18.2 Å². The third kappa shape index (κ3) is 2.03. The number of para-hydroxylation sites is 1. The van der Waals surface area contributed by atoms with Crippen LogP contribution in [-0.2, 0) is 6.54 Å². The van der Waals surface area contributed by atoms with Crippen molar-refractivity contribution >= 4 is 10.9 Å². The quantitative estimate of drug-likeness (QED) is 0.850. The molecule has 1 aromatic heterocycles. The zero-order valence-electron chi connectivity index (χ0n) is 10.9. The largest absolute Gasteiger partial charge is 0.495 e. The first kappa shape index (κ1) is 12.0. The van der Waals surface area contributed by atoms with Crippen LogP contribution in [0.3, 0.4) is 0 Å². The minimum atomic E-state index is 0.482. The number of ether oxygens (including phenoxy) is 1. The highest BCUT2D eigenvalue weighted by atomic mass is 16.5. The number of hydrogen-bond donors (Lipinski definition) is 2. The molecular weight excluding hydrogens is 212 g/mol. The topological polar surface area (TPSA) is 37.0 Å². The molecule has 2 N–H and O–H groups in total. The minimum Gasteiger partial charge on any atom is -0.495 e. The fourth-order valence-corrected chi connectivity index (χ4v) is 2.30. The summed E-state index contributed by atoms with van der Waals surface area (Å²) in [6.45, 7) is 5.29. The monoisotopic (exact) mass is 232 g/mol. The van der Waals surface area contributed by atoms with E-state index < -0.39 is 0 Å². The molecule has 1 aromatic carbocycles. The van der Waals surface area contributed by atoms with E-state index in [0.29, 0.717) is 5.92 Å². The van der Waals surface area contributed by atoms with Gasteiger partial charge in [0.25, 0.3) is 0 Å². The van der Waals surface area contributed by atoms with E-state index >= 15 is 0 Å². The van der Waals surface area contributed by atoms with Crippen molar-refractivity contribution in [1.29, 1.82) is 0 Å². The molecule has 92 valence electrons. The maximum Gasteiger partial charge on any atom is 0.142 e. The fraction of sp³-hybridized carbons (Fsp3) is 0.429. The molecule has 0 atom stereocenters. The van der Waals surface area contributed by atoms with Crippen LogP contribution in [0.4, 0.5) is 0 Å². The molecule has 17 heavy (non-hydrogen) atoms. The van der Waals surface area contributed by atoms with E-state index in [2.05, 4.69) is 30.2 Å². The van der Waals surface area contributed by atoms with E-state index in [1.54, 1.807) is 7.11 Å². The predicted octanol–water partition coefficient (Wildman–Crippen LogP) is 3.02. The fourth-order valence-electron chi connectivity index (χ4n) is 2.30. The van der Waals surface area contributed by atoms with Crippen LogP contribution in [0.5, 0.6) is 5.75 Å². The molecule has 0 spiro atoms. The number of H-pyrrole nitrogens is 1. The van der Waals surface area contributed by atoms with Gasteiger partial charge in [-0.2, -0.15) is 0 Å². The lowest BCUT2D eigenvalue weighted by Gasteiger charge is -2.06. The summed E-state index contributed by atoms with van der Waals surface area (Å²) >= 11 is 0. The molecule has 0 aliphatic heterocycles. The molecule has 2 aromatic rings. The van der Waals surface area contributed by atoms with Crippen molar-refractivity contribution in [2.24, 2.45) is 0 Å². The second kappa shape index (κ2) is 4.80. The van der Waals surface area contributed by atoms with Crippen LogP contribution in [0.2, 0.25) is 0 Å². The molecule has 0 saturated heterocycles. The zero-order valence-corrected chi connectivity index (χ0v) is 10.9. The van der Waals surface area contributed by atoms with E-state index in [9.17, 15) is 0 Å². The number of aromatic nitrogens is 1. The second-order valence-corrected chi connectivity index (χ2v) is 4.59. The minimum absolute atomic E-state index is 0.482. The van der Waals surface area contributed by atoms with Gasteiger partial charge in [-0.1, -0.05) is 26.0 Å². The molecule has 3 nitrogen and oxygen atoms in total. The van der Waals surface area contributed by atoms with Gasteiger partial charge in [-0.25, -0.2) is 0 Å². The summed E-state index contributed by atoms with van der Waals surface area (Å²) < 4.78 is 5.40. The first-order valence-electron chi connectivity index (χ1n) is 6.01. The van der Waals surface area contributed by atoms with Gasteiger partial charge < -0.3 is 15.0 Å². The molecule has 2 rings (SSSR count). The highest BCUT2D eigenvalue weighted by Gasteiger charge is 2.15. The summed E-state index contributed by atoms with van der Waals surface area (Å²) in [7, 11) is 3.69. The third-order valence-electron chi connectivity index (χ3n) is 3.09. The third-order valence-corrected chi connectivity index (χ3v) is 3.09. The summed E-state index contributed by atoms with van der Waals surface area (Å²) in [5.41, 5.74) is 3.74. The van der Waals surface area contributed by atoms with Crippen molar-refractivity contribution in [1.82, 2.24) is 10.3 Å². The van der Waals surface area contributed by atoms with E-state index in [-0.39, 0.29) is 0 Å². The number of hydrogen-bond acceptors (Lipinski definition) is 2. The van der Waals surface area contributed by atoms with Gasteiger partial charge >= 0.3 is 0 Å². The van der Waals surface area contributed by atoms with Crippen LogP contribution < -0.4 is 10.1 Å². The van der Waals surface area contributed by atoms with Gasteiger partial charge in [-0.15, -0.1) is 0 Å². The summed E-state index contributed by atoms with van der Waals surface area (Å²) in [5.74, 6) is 1.39. The van der Waals surface area contributed by atoms with Gasteiger partial charge in [0, 0.05) is 17.6 Å². The average molecular weight is 232 g/mol. The maximum atomic E-state index is 5.40. The second-order valence-electron chi connectivity index (χ2n) is 4.59. The Morgan fingerprint density at radius 2 is 2.12 bits per heavy atom. The molecule has 3 heteroatoms. The Bertz CT molecular complexity index is 514. The number of fused-ring (bicyclic) bond motifs is 1. The molecule has 1 heterocycles. The highest BCUT2D eigenvalue weighted by Crippen LogP contribution is 2.32. The number of aromatic amines is 1. The lowest BCUT2D eigenvalue weighted by molar-refractivity contribution is 0.419. The molecule has 0 amide bonds. The molecule has 0 fully saturated rings. The van der Waals surface area contributed by atoms with Crippen molar-refractivity contribution < 1.29 is 4.74 Å². The molecular formula is C14H20N2O. The lowest BCUT2D eigenvalue weighted by Crippen LogP contribution is -2.07. The van der Waals surface area contributed by atoms with Crippen LogP contribution in [0.1, 0.15) is 31.0 Å². The Balaban J connectivity index is 2.69. The smallest absolute Gasteiger partial charge is 0.142 e. The van der Waals surface area contributed by atoms with E-state index in [0.717, 1.165) is 17.8 Å². The normalized spacial score (nSPS) is 11.4. The van der Waals surface area contributed by atoms with Crippen molar-refractivity contribution in [3.05, 3.63) is 29.5 Å². The summed E-state index contributed by atoms with van der Waals surface area (Å²) in [5, 5.41) is 4.49. The maximum absolute atomic E-state index is 5.40. The van der Waals surface area contributed by atoms with Crippen LogP contribution in [0, 0.1) is 0 Å². The van der Waals surface area contributed by atoms with Gasteiger partial charge in [-0.05, 0) is 24.6 Å². The molecule has 0 saturated carbocycles. The molecule has 0 unspecified atom stereocenters. The summed E-state index contributed by atoms with van der Waals surface area (Å²) in [4.78, 5) is 3.50. The Labute approximate surface area is 102 Å². The summed E-state index contributed by atoms with van der Waals surface area (Å²) in [6, 6.07) is 6.18. The highest BCUT2D eigenvalue weighted by molar-refractivity contribution is 5.89. The first-order valence-corrected chi connectivity index (χ1v) is 6.01. The Hall–Kier alpha value is -1.48. The lowest BCUT2D eigenvalue weighted by atomic mass is 10.0. The van der Waals surface area contributed by atoms with Gasteiger partial charge in [0.05, 0.1) is 12.6 Å². The van der Waals surface area contributed by atoms with Crippen LogP contribution in [-0.4, -0.2) is 19.1 Å². The van der Waals surface area contributed by atoms with E-state index in [4.69, 9.17) is 4.74 Å². The Morgan fingerprint density at radius 3 is 2.71 bits per heavy atom. The molecule has 0 bridgehead atoms. The van der Waals surface area contributed by atoms with Crippen molar-refractivity contribution in [3.63, 3.8) is 0 Å². The van der Waals surface area contributed by atoms with Crippen LogP contribution >= 0.6 is 0 Å². The predicted molar refractivity (Wildman–Crippen MR) is 71.7 cm³/mol. The standard InChI is InChI=1S/C14H20N2O/c1-9(2)13-11(8-15-3)10-6-5-7-12(17-4)14(10)16-13/h5-7,9,15-16H,8H2,1-4H3. The Morgan fingerprint density at radius 1 is 1.35 bits per heavy atom. The van der Waals surface area contributed by atoms with Crippen molar-refractivity contribution in [3.8, 4) is 5.75 Å². The van der Waals surface area contributed by atoms with Gasteiger partial charge in [0.2, 0.25) is 0 Å². The van der Waals surface area contributed by atoms with Gasteiger partial charge in [0.15, 0.2) is 0 Å². The van der Waals surface area contributed by atoms with Crippen molar-refractivity contribution in [2.75, 3.05) is 14.2 Å². The van der Waals surface area contributed by atoms with Gasteiger partial charge in [0.1, 0.15) is 5.75 Å². The number of methoxy groups -OCH3 is 1. The number of nitrogens with one attached hydrogen (secondary N) is 2. The van der Waals surface area contributed by atoms with Gasteiger partial charge in [-0.3, -0.25) is 0 Å². The van der Waals surface area contributed by atoms with E-state index in [1.807, 2.05) is 19.2 Å². The summed E-state index contributed by atoms with van der Waals surface area (Å²) in [6.07, 6.45) is 0. The number of benzene rings is 1. The molecule has 0 radical (unpaired) electrons.